The maximum atomic E-state index is 12.5. The van der Waals surface area contributed by atoms with Crippen LogP contribution in [0.4, 0.5) is 0 Å². The molecule has 1 aromatic rings. The van der Waals surface area contributed by atoms with Gasteiger partial charge in [0.15, 0.2) is 5.78 Å². The van der Waals surface area contributed by atoms with Gasteiger partial charge < -0.3 is 9.15 Å². The minimum absolute atomic E-state index is 0.0835. The fourth-order valence-electron chi connectivity index (χ4n) is 3.50. The normalized spacial score (nSPS) is 11.0. The van der Waals surface area contributed by atoms with Gasteiger partial charge in [-0.2, -0.15) is 0 Å². The van der Waals surface area contributed by atoms with Gasteiger partial charge in [-0.1, -0.05) is 84.5 Å². The Morgan fingerprint density at radius 2 is 1.39 bits per heavy atom. The van der Waals surface area contributed by atoms with E-state index in [1.165, 1.54) is 58.5 Å². The van der Waals surface area contributed by atoms with Crippen LogP contribution in [0.25, 0.3) is 0 Å². The van der Waals surface area contributed by atoms with Gasteiger partial charge in [0.05, 0.1) is 7.11 Å². The molecule has 0 aliphatic heterocycles. The van der Waals surface area contributed by atoms with Gasteiger partial charge in [0.25, 0.3) is 0 Å². The third kappa shape index (κ3) is 9.57. The first kappa shape index (κ1) is 24.5. The van der Waals surface area contributed by atoms with Crippen LogP contribution in [0.1, 0.15) is 120 Å². The number of ether oxygens (including phenoxy) is 1. The Labute approximate surface area is 171 Å². The quantitative estimate of drug-likeness (QED) is 0.214. The summed E-state index contributed by atoms with van der Waals surface area (Å²) < 4.78 is 10.8. The molecule has 160 valence electrons. The molecule has 0 N–H and O–H groups in total. The van der Waals surface area contributed by atoms with Crippen LogP contribution in [-0.2, 0) is 6.42 Å². The van der Waals surface area contributed by atoms with E-state index in [9.17, 15) is 9.59 Å². The molecule has 0 radical (unpaired) electrons. The lowest BCUT2D eigenvalue weighted by molar-refractivity contribution is 0.0971. The van der Waals surface area contributed by atoms with E-state index < -0.39 is 5.63 Å². The van der Waals surface area contributed by atoms with Crippen LogP contribution in [0.15, 0.2) is 15.3 Å². The van der Waals surface area contributed by atoms with E-state index in [1.54, 1.807) is 6.07 Å². The number of methoxy groups -OCH3 is 1. The summed E-state index contributed by atoms with van der Waals surface area (Å²) in [5, 5.41) is 0. The molecule has 0 unspecified atom stereocenters. The molecule has 0 saturated carbocycles. The lowest BCUT2D eigenvalue weighted by Crippen LogP contribution is -2.17. The van der Waals surface area contributed by atoms with E-state index in [2.05, 4.69) is 13.8 Å². The summed E-state index contributed by atoms with van der Waals surface area (Å²) >= 11 is 0. The Morgan fingerprint density at radius 1 is 0.857 bits per heavy atom. The second kappa shape index (κ2) is 15.4. The number of carbonyl (C=O) groups is 1. The highest BCUT2D eigenvalue weighted by molar-refractivity contribution is 5.98. The SMILES string of the molecule is CCCCCCCCCC(=O)c1c(OC)cc(CCCCCCCC)oc1=O. The van der Waals surface area contributed by atoms with Crippen molar-refractivity contribution in [2.75, 3.05) is 7.11 Å². The van der Waals surface area contributed by atoms with Gasteiger partial charge in [0.2, 0.25) is 0 Å². The Bertz CT molecular complexity index is 603. The number of hydrogen-bond acceptors (Lipinski definition) is 4. The van der Waals surface area contributed by atoms with Crippen molar-refractivity contribution in [3.05, 3.63) is 27.8 Å². The van der Waals surface area contributed by atoms with Gasteiger partial charge in [-0.25, -0.2) is 4.79 Å². The molecular weight excluding hydrogens is 352 g/mol. The monoisotopic (exact) mass is 392 g/mol. The summed E-state index contributed by atoms with van der Waals surface area (Å²) in [6.07, 6.45) is 16.2. The number of Topliss-reactive ketones (excluding diaryl/α,β-unsaturated/α-hetero) is 1. The standard InChI is InChI=1S/C24H40O4/c1-4-6-8-10-12-14-16-18-21(25)23-22(27-3)19-20(28-24(23)26)17-15-13-11-9-7-5-2/h19H,4-18H2,1-3H3. The second-order valence-corrected chi connectivity index (χ2v) is 7.76. The zero-order valence-corrected chi connectivity index (χ0v) is 18.3. The third-order valence-electron chi connectivity index (χ3n) is 5.25. The minimum atomic E-state index is -0.548. The van der Waals surface area contributed by atoms with Crippen LogP contribution in [0.2, 0.25) is 0 Å². The molecule has 4 nitrogen and oxygen atoms in total. The van der Waals surface area contributed by atoms with Crippen LogP contribution >= 0.6 is 0 Å². The molecule has 0 aliphatic rings. The zero-order chi connectivity index (χ0) is 20.6. The number of hydrogen-bond donors (Lipinski definition) is 0. The van der Waals surface area contributed by atoms with Gasteiger partial charge in [-0.15, -0.1) is 0 Å². The minimum Gasteiger partial charge on any atom is -0.496 e. The van der Waals surface area contributed by atoms with Crippen molar-refractivity contribution >= 4 is 5.78 Å². The van der Waals surface area contributed by atoms with Gasteiger partial charge in [0, 0.05) is 18.9 Å². The Balaban J connectivity index is 2.50. The Kier molecular flexibility index (Phi) is 13.4. The molecule has 1 heterocycles. The average molecular weight is 393 g/mol. The van der Waals surface area contributed by atoms with Crippen molar-refractivity contribution in [1.82, 2.24) is 0 Å². The highest BCUT2D eigenvalue weighted by Crippen LogP contribution is 2.21. The second-order valence-electron chi connectivity index (χ2n) is 7.76. The molecule has 0 aromatic carbocycles. The van der Waals surface area contributed by atoms with Crippen LogP contribution in [-0.4, -0.2) is 12.9 Å². The smallest absolute Gasteiger partial charge is 0.350 e. The lowest BCUT2D eigenvalue weighted by atomic mass is 10.0. The summed E-state index contributed by atoms with van der Waals surface area (Å²) in [5.74, 6) is 0.820. The van der Waals surface area contributed by atoms with Gasteiger partial charge in [0.1, 0.15) is 17.1 Å². The van der Waals surface area contributed by atoms with Crippen molar-refractivity contribution in [2.24, 2.45) is 0 Å². The van der Waals surface area contributed by atoms with Crippen LogP contribution in [0.3, 0.4) is 0 Å². The van der Waals surface area contributed by atoms with E-state index in [0.29, 0.717) is 24.4 Å². The van der Waals surface area contributed by atoms with E-state index in [-0.39, 0.29) is 11.3 Å². The number of unbranched alkanes of at least 4 members (excludes halogenated alkanes) is 11. The van der Waals surface area contributed by atoms with Gasteiger partial charge in [-0.05, 0) is 12.8 Å². The molecule has 4 heteroatoms. The predicted octanol–water partition coefficient (Wildman–Crippen LogP) is 6.87. The fraction of sp³-hybridized carbons (Fsp3) is 0.750. The first-order chi connectivity index (χ1) is 13.6. The fourth-order valence-corrected chi connectivity index (χ4v) is 3.50. The number of ketones is 1. The summed E-state index contributed by atoms with van der Waals surface area (Å²) in [6.45, 7) is 4.41. The molecule has 0 amide bonds. The first-order valence-corrected chi connectivity index (χ1v) is 11.4. The molecule has 0 spiro atoms. The van der Waals surface area contributed by atoms with Crippen molar-refractivity contribution in [1.29, 1.82) is 0 Å². The molecule has 1 rings (SSSR count). The summed E-state index contributed by atoms with van der Waals surface area (Å²) in [7, 11) is 1.51. The molecule has 0 fully saturated rings. The highest BCUT2D eigenvalue weighted by Gasteiger charge is 2.19. The third-order valence-corrected chi connectivity index (χ3v) is 5.25. The maximum absolute atomic E-state index is 12.5. The topological polar surface area (TPSA) is 56.5 Å². The van der Waals surface area contributed by atoms with Gasteiger partial charge >= 0.3 is 5.63 Å². The summed E-state index contributed by atoms with van der Waals surface area (Å²) in [5.41, 5.74) is -0.464. The van der Waals surface area contributed by atoms with E-state index >= 15 is 0 Å². The Hall–Kier alpha value is -1.58. The molecule has 1 aromatic heterocycles. The van der Waals surface area contributed by atoms with Crippen LogP contribution in [0, 0.1) is 0 Å². The highest BCUT2D eigenvalue weighted by atomic mass is 16.5. The molecule has 0 saturated heterocycles. The molecule has 0 bridgehead atoms. The average Bonchev–Trinajstić information content (AvgIpc) is 2.69. The maximum Gasteiger partial charge on any atom is 0.350 e. The summed E-state index contributed by atoms with van der Waals surface area (Å²) in [6, 6.07) is 1.73. The van der Waals surface area contributed by atoms with E-state index in [0.717, 1.165) is 32.1 Å². The van der Waals surface area contributed by atoms with Crippen molar-refractivity contribution < 1.29 is 13.9 Å². The first-order valence-electron chi connectivity index (χ1n) is 11.4. The molecule has 28 heavy (non-hydrogen) atoms. The van der Waals surface area contributed by atoms with Crippen molar-refractivity contribution in [3.8, 4) is 5.75 Å². The van der Waals surface area contributed by atoms with Crippen LogP contribution in [0.5, 0.6) is 5.75 Å². The largest absolute Gasteiger partial charge is 0.496 e. The lowest BCUT2D eigenvalue weighted by Gasteiger charge is -2.09. The summed E-state index contributed by atoms with van der Waals surface area (Å²) in [4.78, 5) is 24.9. The predicted molar refractivity (Wildman–Crippen MR) is 116 cm³/mol. The van der Waals surface area contributed by atoms with E-state index in [1.807, 2.05) is 0 Å². The number of rotatable bonds is 17. The van der Waals surface area contributed by atoms with Crippen LogP contribution < -0.4 is 10.4 Å². The molecule has 0 aliphatic carbocycles. The van der Waals surface area contributed by atoms with Gasteiger partial charge in [-0.3, -0.25) is 4.79 Å². The number of carbonyl (C=O) groups excluding carboxylic acids is 1. The molecular formula is C24H40O4. The van der Waals surface area contributed by atoms with Crippen molar-refractivity contribution in [3.63, 3.8) is 0 Å². The zero-order valence-electron chi connectivity index (χ0n) is 18.3. The van der Waals surface area contributed by atoms with E-state index in [4.69, 9.17) is 9.15 Å². The Morgan fingerprint density at radius 3 is 1.96 bits per heavy atom. The number of aryl methyl sites for hydroxylation is 1. The van der Waals surface area contributed by atoms with Crippen molar-refractivity contribution in [2.45, 2.75) is 110 Å². The molecule has 0 atom stereocenters.